The molecule has 0 bridgehead atoms. The third-order valence-electron chi connectivity index (χ3n) is 3.40. The number of methoxy groups -OCH3 is 1. The van der Waals surface area contributed by atoms with Gasteiger partial charge < -0.3 is 9.30 Å². The van der Waals surface area contributed by atoms with E-state index >= 15 is 0 Å². The Morgan fingerprint density at radius 1 is 1.43 bits per heavy atom. The highest BCUT2D eigenvalue weighted by Crippen LogP contribution is 2.22. The van der Waals surface area contributed by atoms with Crippen LogP contribution in [0.1, 0.15) is 10.5 Å². The van der Waals surface area contributed by atoms with Crippen LogP contribution < -0.4 is 4.80 Å². The predicted octanol–water partition coefficient (Wildman–Crippen LogP) is 2.59. The Morgan fingerprint density at radius 2 is 2.26 bits per heavy atom. The fourth-order valence-electron chi connectivity index (χ4n) is 2.26. The quantitative estimate of drug-likeness (QED) is 0.682. The summed E-state index contributed by atoms with van der Waals surface area (Å²) in [6.45, 7) is 1.19. The van der Waals surface area contributed by atoms with Crippen LogP contribution >= 0.6 is 27.3 Å². The van der Waals surface area contributed by atoms with Crippen molar-refractivity contribution in [1.82, 2.24) is 14.3 Å². The highest BCUT2D eigenvalue weighted by Gasteiger charge is 2.11. The van der Waals surface area contributed by atoms with Gasteiger partial charge in [-0.15, -0.1) is 0 Å². The van der Waals surface area contributed by atoms with Crippen LogP contribution in [-0.2, 0) is 18.3 Å². The first-order chi connectivity index (χ1) is 11.1. The molecule has 0 N–H and O–H groups in total. The van der Waals surface area contributed by atoms with Gasteiger partial charge in [0.05, 0.1) is 16.8 Å². The number of nitrogens with zero attached hydrogens (tertiary/aromatic N) is 4. The van der Waals surface area contributed by atoms with Crippen molar-refractivity contribution in [3.63, 3.8) is 0 Å². The summed E-state index contributed by atoms with van der Waals surface area (Å²) in [7, 11) is 3.38. The summed E-state index contributed by atoms with van der Waals surface area (Å²) in [5, 5.41) is 4.01. The molecule has 0 saturated heterocycles. The zero-order valence-electron chi connectivity index (χ0n) is 12.7. The van der Waals surface area contributed by atoms with Crippen molar-refractivity contribution in [3.8, 4) is 0 Å². The van der Waals surface area contributed by atoms with E-state index in [0.717, 1.165) is 14.7 Å². The van der Waals surface area contributed by atoms with Crippen molar-refractivity contribution in [2.45, 2.75) is 6.54 Å². The lowest BCUT2D eigenvalue weighted by atomic mass is 10.3. The van der Waals surface area contributed by atoms with E-state index in [1.807, 2.05) is 22.8 Å². The molecule has 3 rings (SSSR count). The maximum Gasteiger partial charge on any atom is 0.297 e. The molecular weight excluding hydrogens is 380 g/mol. The first kappa shape index (κ1) is 16.1. The highest BCUT2D eigenvalue weighted by molar-refractivity contribution is 9.10. The van der Waals surface area contributed by atoms with Gasteiger partial charge >= 0.3 is 0 Å². The van der Waals surface area contributed by atoms with Crippen LogP contribution in [0, 0.1) is 0 Å². The smallest absolute Gasteiger partial charge is 0.297 e. The van der Waals surface area contributed by atoms with E-state index in [4.69, 9.17) is 4.74 Å². The first-order valence-corrected chi connectivity index (χ1v) is 8.56. The second kappa shape index (κ2) is 6.77. The Labute approximate surface area is 145 Å². The van der Waals surface area contributed by atoms with Gasteiger partial charge in [0.2, 0.25) is 0 Å². The molecule has 2 aromatic heterocycles. The van der Waals surface area contributed by atoms with Crippen LogP contribution in [0.5, 0.6) is 0 Å². The fraction of sp³-hybridized carbons (Fsp3) is 0.267. The van der Waals surface area contributed by atoms with Gasteiger partial charge in [0.25, 0.3) is 5.91 Å². The Hall–Kier alpha value is -1.77. The van der Waals surface area contributed by atoms with Gasteiger partial charge in [-0.3, -0.25) is 9.48 Å². The van der Waals surface area contributed by atoms with Gasteiger partial charge in [-0.1, -0.05) is 27.3 Å². The molecule has 23 heavy (non-hydrogen) atoms. The van der Waals surface area contributed by atoms with Gasteiger partial charge in [0.15, 0.2) is 4.80 Å². The Morgan fingerprint density at radius 3 is 2.96 bits per heavy atom. The standard InChI is InChI=1S/C15H15BrN4O2S/c1-19-12(5-6-17-19)14(21)18-15-20(7-8-22-2)11-4-3-10(16)9-13(11)23-15/h3-6,9H,7-8H2,1-2H3. The predicted molar refractivity (Wildman–Crippen MR) is 92.5 cm³/mol. The van der Waals surface area contributed by atoms with Crippen LogP contribution in [0.15, 0.2) is 39.9 Å². The van der Waals surface area contributed by atoms with Crippen LogP contribution in [0.3, 0.4) is 0 Å². The summed E-state index contributed by atoms with van der Waals surface area (Å²) in [6, 6.07) is 7.68. The van der Waals surface area contributed by atoms with E-state index in [2.05, 4.69) is 26.0 Å². The van der Waals surface area contributed by atoms with Crippen molar-refractivity contribution in [2.24, 2.45) is 12.0 Å². The molecule has 8 heteroatoms. The normalized spacial score (nSPS) is 12.2. The molecule has 0 aliphatic carbocycles. The number of benzene rings is 1. The monoisotopic (exact) mass is 394 g/mol. The lowest BCUT2D eigenvalue weighted by Gasteiger charge is -2.04. The zero-order valence-corrected chi connectivity index (χ0v) is 15.1. The third-order valence-corrected chi connectivity index (χ3v) is 4.94. The van der Waals surface area contributed by atoms with Crippen molar-refractivity contribution in [3.05, 3.63) is 45.4 Å². The Kier molecular flexibility index (Phi) is 4.74. The molecule has 6 nitrogen and oxygen atoms in total. The minimum atomic E-state index is -0.304. The van der Waals surface area contributed by atoms with Crippen LogP contribution in [0.2, 0.25) is 0 Å². The number of carbonyl (C=O) groups excluding carboxylic acids is 1. The average molecular weight is 395 g/mol. The molecular formula is C15H15BrN4O2S. The number of thiazole rings is 1. The number of amides is 1. The topological polar surface area (TPSA) is 61.4 Å². The van der Waals surface area contributed by atoms with Crippen molar-refractivity contribution in [2.75, 3.05) is 13.7 Å². The lowest BCUT2D eigenvalue weighted by molar-refractivity contribution is 0.0988. The number of rotatable bonds is 4. The second-order valence-electron chi connectivity index (χ2n) is 4.90. The summed E-state index contributed by atoms with van der Waals surface area (Å²) in [5.41, 5.74) is 1.49. The molecule has 0 spiro atoms. The molecule has 0 saturated carbocycles. The average Bonchev–Trinajstić information content (AvgIpc) is 3.08. The summed E-state index contributed by atoms with van der Waals surface area (Å²) >= 11 is 4.95. The van der Waals surface area contributed by atoms with Gasteiger partial charge in [-0.05, 0) is 24.3 Å². The molecule has 0 radical (unpaired) electrons. The Bertz CT molecular complexity index is 925. The minimum absolute atomic E-state index is 0.304. The maximum atomic E-state index is 12.4. The molecule has 2 heterocycles. The number of halogens is 1. The van der Waals surface area contributed by atoms with Gasteiger partial charge in [-0.25, -0.2) is 0 Å². The highest BCUT2D eigenvalue weighted by atomic mass is 79.9. The van der Waals surface area contributed by atoms with Crippen LogP contribution in [-0.4, -0.2) is 34.0 Å². The molecule has 1 aromatic carbocycles. The SMILES string of the molecule is COCCn1c(=NC(=O)c2ccnn2C)sc2cc(Br)ccc21. The number of aryl methyl sites for hydroxylation is 1. The molecule has 0 aliphatic heterocycles. The number of fused-ring (bicyclic) bond motifs is 1. The van der Waals surface area contributed by atoms with E-state index in [-0.39, 0.29) is 5.91 Å². The number of hydrogen-bond acceptors (Lipinski definition) is 4. The number of carbonyl (C=O) groups is 1. The number of hydrogen-bond donors (Lipinski definition) is 0. The number of aromatic nitrogens is 3. The molecule has 0 aliphatic rings. The molecule has 0 unspecified atom stereocenters. The molecule has 3 aromatic rings. The van der Waals surface area contributed by atoms with E-state index in [1.54, 1.807) is 26.4 Å². The summed E-state index contributed by atoms with van der Waals surface area (Å²) in [6.07, 6.45) is 1.59. The van der Waals surface area contributed by atoms with E-state index < -0.39 is 0 Å². The van der Waals surface area contributed by atoms with E-state index in [0.29, 0.717) is 23.6 Å². The van der Waals surface area contributed by atoms with Crippen molar-refractivity contribution < 1.29 is 9.53 Å². The van der Waals surface area contributed by atoms with E-state index in [1.165, 1.54) is 16.0 Å². The first-order valence-electron chi connectivity index (χ1n) is 6.95. The van der Waals surface area contributed by atoms with Crippen LogP contribution in [0.25, 0.3) is 10.2 Å². The molecule has 0 atom stereocenters. The number of ether oxygens (including phenoxy) is 1. The lowest BCUT2D eigenvalue weighted by Crippen LogP contribution is -2.20. The van der Waals surface area contributed by atoms with Gasteiger partial charge in [-0.2, -0.15) is 10.1 Å². The summed E-state index contributed by atoms with van der Waals surface area (Å²) in [4.78, 5) is 17.3. The van der Waals surface area contributed by atoms with Gasteiger partial charge in [0.1, 0.15) is 5.69 Å². The Balaban J connectivity index is 2.13. The maximum absolute atomic E-state index is 12.4. The minimum Gasteiger partial charge on any atom is -0.383 e. The zero-order chi connectivity index (χ0) is 16.4. The van der Waals surface area contributed by atoms with Crippen molar-refractivity contribution >= 4 is 43.4 Å². The molecule has 1 amide bonds. The van der Waals surface area contributed by atoms with Crippen molar-refractivity contribution in [1.29, 1.82) is 0 Å². The largest absolute Gasteiger partial charge is 0.383 e. The summed E-state index contributed by atoms with van der Waals surface area (Å²) in [5.74, 6) is -0.304. The second-order valence-corrected chi connectivity index (χ2v) is 6.82. The van der Waals surface area contributed by atoms with Crippen LogP contribution in [0.4, 0.5) is 0 Å². The summed E-state index contributed by atoms with van der Waals surface area (Å²) < 4.78 is 10.8. The third kappa shape index (κ3) is 3.29. The van der Waals surface area contributed by atoms with Gasteiger partial charge in [0, 0.05) is 31.4 Å². The molecule has 120 valence electrons. The molecule has 0 fully saturated rings. The van der Waals surface area contributed by atoms with E-state index in [9.17, 15) is 4.79 Å². The fourth-order valence-corrected chi connectivity index (χ4v) is 3.87.